The van der Waals surface area contributed by atoms with E-state index < -0.39 is 7.92 Å². The highest BCUT2D eigenvalue weighted by Gasteiger charge is 2.11. The van der Waals surface area contributed by atoms with Gasteiger partial charge in [0, 0.05) is 12.1 Å². The Morgan fingerprint density at radius 3 is 1.80 bits per heavy atom. The van der Waals surface area contributed by atoms with Gasteiger partial charge in [-0.2, -0.15) is 0 Å². The zero-order valence-electron chi connectivity index (χ0n) is 13.7. The van der Waals surface area contributed by atoms with E-state index in [0.717, 1.165) is 11.7 Å². The first-order valence-corrected chi connectivity index (χ1v) is 9.55. The average Bonchev–Trinajstić information content (AvgIpc) is 2.67. The summed E-state index contributed by atoms with van der Waals surface area (Å²) in [5, 5.41) is 13.4. The first-order chi connectivity index (χ1) is 12.2. The van der Waals surface area contributed by atoms with Crippen LogP contribution in [0.25, 0.3) is 6.08 Å². The van der Waals surface area contributed by atoms with Crippen LogP contribution in [0.1, 0.15) is 5.56 Å². The summed E-state index contributed by atoms with van der Waals surface area (Å²) in [4.78, 5) is 10.3. The second kappa shape index (κ2) is 8.36. The third kappa shape index (κ3) is 4.62. The molecule has 0 saturated carbocycles. The Morgan fingerprint density at radius 1 is 0.800 bits per heavy atom. The van der Waals surface area contributed by atoms with Crippen LogP contribution in [0, 0.1) is 10.1 Å². The standard InChI is InChI=1S/C21H18NO2P/c23-22(24)19-15-13-18(14-16-19)8-7-17-25(20-9-3-1-4-10-20)21-11-5-2-6-12-21/h1-16H,17H2/b8-7+. The number of allylic oxidation sites excluding steroid dienone is 1. The second-order valence-electron chi connectivity index (χ2n) is 5.53. The molecule has 0 radical (unpaired) electrons. The monoisotopic (exact) mass is 347 g/mol. The van der Waals surface area contributed by atoms with Crippen molar-refractivity contribution in [3.63, 3.8) is 0 Å². The van der Waals surface area contributed by atoms with E-state index >= 15 is 0 Å². The molecule has 0 N–H and O–H groups in total. The van der Waals surface area contributed by atoms with Crippen LogP contribution in [0.3, 0.4) is 0 Å². The summed E-state index contributed by atoms with van der Waals surface area (Å²) in [6, 6.07) is 27.7. The Hall–Kier alpha value is -2.77. The number of nitro benzene ring substituents is 1. The van der Waals surface area contributed by atoms with Crippen molar-refractivity contribution in [2.75, 3.05) is 6.16 Å². The highest BCUT2D eigenvalue weighted by atomic mass is 31.1. The van der Waals surface area contributed by atoms with Gasteiger partial charge in [0.15, 0.2) is 0 Å². The molecule has 0 aliphatic rings. The molecule has 0 heterocycles. The SMILES string of the molecule is O=[N+]([O-])c1ccc(/C=C/CP(c2ccccc2)c2ccccc2)cc1. The van der Waals surface area contributed by atoms with Gasteiger partial charge in [0.05, 0.1) is 4.92 Å². The molecule has 0 atom stereocenters. The van der Waals surface area contributed by atoms with Gasteiger partial charge in [0.25, 0.3) is 5.69 Å². The fourth-order valence-electron chi connectivity index (χ4n) is 2.58. The molecule has 124 valence electrons. The van der Waals surface area contributed by atoms with Crippen LogP contribution in [-0.4, -0.2) is 11.1 Å². The average molecular weight is 347 g/mol. The molecular formula is C21H18NO2P. The molecule has 0 aliphatic heterocycles. The molecule has 0 unspecified atom stereocenters. The van der Waals surface area contributed by atoms with Crippen LogP contribution in [0.4, 0.5) is 5.69 Å². The van der Waals surface area contributed by atoms with E-state index in [0.29, 0.717) is 0 Å². The molecule has 0 spiro atoms. The summed E-state index contributed by atoms with van der Waals surface area (Å²) in [6.07, 6.45) is 5.12. The highest BCUT2D eigenvalue weighted by Crippen LogP contribution is 2.33. The van der Waals surface area contributed by atoms with Crippen molar-refractivity contribution in [3.8, 4) is 0 Å². The Morgan fingerprint density at radius 2 is 1.32 bits per heavy atom. The number of non-ortho nitro benzene ring substituents is 1. The van der Waals surface area contributed by atoms with Gasteiger partial charge in [-0.15, -0.1) is 0 Å². The summed E-state index contributed by atoms with van der Waals surface area (Å²) in [7, 11) is -0.459. The Labute approximate surface area is 148 Å². The molecule has 0 amide bonds. The summed E-state index contributed by atoms with van der Waals surface area (Å²) in [6.45, 7) is 0. The Balaban J connectivity index is 1.78. The van der Waals surface area contributed by atoms with Crippen LogP contribution in [0.15, 0.2) is 91.0 Å². The molecule has 0 aliphatic carbocycles. The second-order valence-corrected chi connectivity index (χ2v) is 7.79. The quantitative estimate of drug-likeness (QED) is 0.367. The number of nitrogens with zero attached hydrogens (tertiary/aromatic N) is 1. The zero-order valence-corrected chi connectivity index (χ0v) is 14.6. The van der Waals surface area contributed by atoms with E-state index in [1.807, 2.05) is 18.2 Å². The third-order valence-electron chi connectivity index (χ3n) is 3.84. The molecule has 4 heteroatoms. The largest absolute Gasteiger partial charge is 0.269 e. The van der Waals surface area contributed by atoms with Crippen LogP contribution in [0.5, 0.6) is 0 Å². The first-order valence-electron chi connectivity index (χ1n) is 8.03. The van der Waals surface area contributed by atoms with E-state index in [1.165, 1.54) is 22.7 Å². The van der Waals surface area contributed by atoms with Gasteiger partial charge in [0.1, 0.15) is 0 Å². The summed E-state index contributed by atoms with van der Waals surface area (Å²) in [5.74, 6) is 0. The molecule has 3 aromatic carbocycles. The van der Waals surface area contributed by atoms with Crippen molar-refractivity contribution in [1.29, 1.82) is 0 Å². The van der Waals surface area contributed by atoms with Gasteiger partial charge in [-0.3, -0.25) is 10.1 Å². The number of hydrogen-bond acceptors (Lipinski definition) is 2. The first kappa shape index (κ1) is 17.1. The van der Waals surface area contributed by atoms with Crippen LogP contribution in [0.2, 0.25) is 0 Å². The highest BCUT2D eigenvalue weighted by molar-refractivity contribution is 7.73. The molecular weight excluding hydrogens is 329 g/mol. The van der Waals surface area contributed by atoms with Crippen LogP contribution in [-0.2, 0) is 0 Å². The van der Waals surface area contributed by atoms with Crippen molar-refractivity contribution in [2.45, 2.75) is 0 Å². The van der Waals surface area contributed by atoms with Crippen molar-refractivity contribution in [3.05, 3.63) is 107 Å². The number of nitro groups is 1. The minimum Gasteiger partial charge on any atom is -0.258 e. The van der Waals surface area contributed by atoms with Crippen LogP contribution >= 0.6 is 7.92 Å². The number of rotatable bonds is 6. The molecule has 3 nitrogen and oxygen atoms in total. The topological polar surface area (TPSA) is 43.1 Å². The Bertz CT molecular complexity index is 807. The van der Waals surface area contributed by atoms with E-state index in [1.54, 1.807) is 12.1 Å². The van der Waals surface area contributed by atoms with E-state index in [2.05, 4.69) is 54.6 Å². The predicted molar refractivity (Wildman–Crippen MR) is 106 cm³/mol. The lowest BCUT2D eigenvalue weighted by molar-refractivity contribution is -0.384. The summed E-state index contributed by atoms with van der Waals surface area (Å²) >= 11 is 0. The molecule has 0 saturated heterocycles. The van der Waals surface area contributed by atoms with E-state index in [-0.39, 0.29) is 10.6 Å². The molecule has 25 heavy (non-hydrogen) atoms. The number of hydrogen-bond donors (Lipinski definition) is 0. The van der Waals surface area contributed by atoms with Crippen molar-refractivity contribution < 1.29 is 4.92 Å². The third-order valence-corrected chi connectivity index (χ3v) is 6.26. The minimum absolute atomic E-state index is 0.118. The molecule has 3 aromatic rings. The zero-order chi connectivity index (χ0) is 17.5. The number of benzene rings is 3. The fourth-order valence-corrected chi connectivity index (χ4v) is 4.68. The van der Waals surface area contributed by atoms with E-state index in [4.69, 9.17) is 0 Å². The maximum absolute atomic E-state index is 10.7. The smallest absolute Gasteiger partial charge is 0.258 e. The van der Waals surface area contributed by atoms with Gasteiger partial charge in [-0.05, 0) is 42.4 Å². The minimum atomic E-state index is -0.459. The normalized spacial score (nSPS) is 11.1. The lowest BCUT2D eigenvalue weighted by atomic mass is 10.2. The van der Waals surface area contributed by atoms with Gasteiger partial charge < -0.3 is 0 Å². The van der Waals surface area contributed by atoms with Crippen molar-refractivity contribution in [1.82, 2.24) is 0 Å². The predicted octanol–water partition coefficient (Wildman–Crippen LogP) is 4.74. The molecule has 0 bridgehead atoms. The lowest BCUT2D eigenvalue weighted by Gasteiger charge is -2.16. The maximum Gasteiger partial charge on any atom is 0.269 e. The molecule has 3 rings (SSSR count). The summed E-state index contributed by atoms with van der Waals surface area (Å²) in [5.41, 5.74) is 1.09. The Kier molecular flexibility index (Phi) is 5.71. The lowest BCUT2D eigenvalue weighted by Crippen LogP contribution is -2.12. The summed E-state index contributed by atoms with van der Waals surface area (Å²) < 4.78 is 0. The van der Waals surface area contributed by atoms with Crippen LogP contribution < -0.4 is 10.6 Å². The maximum atomic E-state index is 10.7. The van der Waals surface area contributed by atoms with Gasteiger partial charge in [-0.25, -0.2) is 0 Å². The molecule has 0 fully saturated rings. The fraction of sp³-hybridized carbons (Fsp3) is 0.0476. The van der Waals surface area contributed by atoms with Gasteiger partial charge >= 0.3 is 0 Å². The van der Waals surface area contributed by atoms with E-state index in [9.17, 15) is 10.1 Å². The van der Waals surface area contributed by atoms with Gasteiger partial charge in [0.2, 0.25) is 0 Å². The van der Waals surface area contributed by atoms with Crippen molar-refractivity contribution >= 4 is 30.3 Å². The van der Waals surface area contributed by atoms with Crippen molar-refractivity contribution in [2.24, 2.45) is 0 Å². The van der Waals surface area contributed by atoms with Gasteiger partial charge in [-0.1, -0.05) is 72.8 Å². The molecule has 0 aromatic heterocycles.